The molecule has 0 N–H and O–H groups in total. The van der Waals surface area contributed by atoms with E-state index in [1.807, 2.05) is 38.1 Å². The molecule has 90 valence electrons. The molecule has 0 heterocycles. The highest BCUT2D eigenvalue weighted by Crippen LogP contribution is 2.26. The summed E-state index contributed by atoms with van der Waals surface area (Å²) in [5.74, 6) is -0.0486. The van der Waals surface area contributed by atoms with Crippen LogP contribution in [0.25, 0.3) is 0 Å². The maximum Gasteiger partial charge on any atom is 0.233 e. The largest absolute Gasteiger partial charge is 0.233 e. The standard InChI is InChI=1S/C12H17ClO2S/c1-4-10-5-7-11(8-6-10)12(2,3)9-16(13,14)15/h5-8H,4,9H2,1-3H3. The van der Waals surface area contributed by atoms with Crippen LogP contribution in [0.4, 0.5) is 0 Å². The van der Waals surface area contributed by atoms with Crippen LogP contribution in [0.1, 0.15) is 31.9 Å². The Balaban J connectivity index is 2.98. The SMILES string of the molecule is CCc1ccc(C(C)(C)CS(=O)(=O)Cl)cc1. The first-order valence-corrected chi connectivity index (χ1v) is 7.74. The van der Waals surface area contributed by atoms with Crippen LogP contribution < -0.4 is 0 Å². The molecule has 0 aliphatic heterocycles. The van der Waals surface area contributed by atoms with E-state index in [-0.39, 0.29) is 5.75 Å². The van der Waals surface area contributed by atoms with E-state index in [1.54, 1.807) is 0 Å². The molecule has 0 aromatic heterocycles. The molecule has 0 aliphatic carbocycles. The summed E-state index contributed by atoms with van der Waals surface area (Å²) in [5, 5.41) is 0. The maximum atomic E-state index is 11.1. The van der Waals surface area contributed by atoms with Crippen molar-refractivity contribution in [3.05, 3.63) is 35.4 Å². The third-order valence-corrected chi connectivity index (χ3v) is 4.07. The molecule has 1 rings (SSSR count). The molecule has 0 saturated heterocycles. The zero-order chi connectivity index (χ0) is 12.4. The van der Waals surface area contributed by atoms with E-state index >= 15 is 0 Å². The molecule has 1 aromatic carbocycles. The Bertz CT molecular complexity index is 446. The predicted molar refractivity (Wildman–Crippen MR) is 68.5 cm³/mol. The highest BCUT2D eigenvalue weighted by molar-refractivity contribution is 8.13. The lowest BCUT2D eigenvalue weighted by molar-refractivity contribution is 0.558. The average Bonchev–Trinajstić information content (AvgIpc) is 2.14. The number of aryl methyl sites for hydroxylation is 1. The Morgan fingerprint density at radius 1 is 1.19 bits per heavy atom. The van der Waals surface area contributed by atoms with Gasteiger partial charge in [-0.2, -0.15) is 0 Å². The molecular formula is C12H17ClO2S. The van der Waals surface area contributed by atoms with Crippen LogP contribution in [0.15, 0.2) is 24.3 Å². The van der Waals surface area contributed by atoms with Crippen LogP contribution in [0.3, 0.4) is 0 Å². The van der Waals surface area contributed by atoms with Gasteiger partial charge in [-0.1, -0.05) is 45.0 Å². The summed E-state index contributed by atoms with van der Waals surface area (Å²) in [6.07, 6.45) is 0.981. The topological polar surface area (TPSA) is 34.1 Å². The molecule has 0 amide bonds. The zero-order valence-corrected chi connectivity index (χ0v) is 11.4. The van der Waals surface area contributed by atoms with Crippen LogP contribution in [-0.4, -0.2) is 14.2 Å². The Morgan fingerprint density at radius 3 is 2.06 bits per heavy atom. The molecule has 1 aromatic rings. The van der Waals surface area contributed by atoms with Crippen LogP contribution in [-0.2, 0) is 20.9 Å². The molecule has 0 bridgehead atoms. The van der Waals surface area contributed by atoms with Crippen LogP contribution in [0.5, 0.6) is 0 Å². The van der Waals surface area contributed by atoms with E-state index in [1.165, 1.54) is 5.56 Å². The Kier molecular flexibility index (Phi) is 4.02. The second kappa shape index (κ2) is 4.76. The minimum Gasteiger partial charge on any atom is -0.212 e. The van der Waals surface area contributed by atoms with Crippen LogP contribution in [0, 0.1) is 0 Å². The van der Waals surface area contributed by atoms with Gasteiger partial charge < -0.3 is 0 Å². The number of hydrogen-bond donors (Lipinski definition) is 0. The van der Waals surface area contributed by atoms with Gasteiger partial charge in [0, 0.05) is 16.1 Å². The molecule has 0 saturated carbocycles. The van der Waals surface area contributed by atoms with Gasteiger partial charge in [0.2, 0.25) is 9.05 Å². The van der Waals surface area contributed by atoms with E-state index in [0.29, 0.717) is 0 Å². The minimum absolute atomic E-state index is 0.0486. The predicted octanol–water partition coefficient (Wildman–Crippen LogP) is 3.10. The molecule has 0 aliphatic rings. The van der Waals surface area contributed by atoms with Crippen molar-refractivity contribution < 1.29 is 8.42 Å². The van der Waals surface area contributed by atoms with E-state index in [2.05, 4.69) is 6.92 Å². The quantitative estimate of drug-likeness (QED) is 0.780. The lowest BCUT2D eigenvalue weighted by atomic mass is 9.86. The lowest BCUT2D eigenvalue weighted by Crippen LogP contribution is -2.25. The fraction of sp³-hybridized carbons (Fsp3) is 0.500. The minimum atomic E-state index is -3.47. The molecule has 0 atom stereocenters. The third kappa shape index (κ3) is 3.80. The first kappa shape index (κ1) is 13.5. The van der Waals surface area contributed by atoms with E-state index in [4.69, 9.17) is 10.7 Å². The molecule has 4 heteroatoms. The normalized spacial score (nSPS) is 12.8. The summed E-state index contributed by atoms with van der Waals surface area (Å²) in [6.45, 7) is 5.85. The summed E-state index contributed by atoms with van der Waals surface area (Å²) >= 11 is 0. The van der Waals surface area contributed by atoms with Crippen molar-refractivity contribution in [2.45, 2.75) is 32.6 Å². The van der Waals surface area contributed by atoms with Crippen molar-refractivity contribution in [2.75, 3.05) is 5.75 Å². The van der Waals surface area contributed by atoms with Gasteiger partial charge in [-0.3, -0.25) is 0 Å². The van der Waals surface area contributed by atoms with Gasteiger partial charge in [0.25, 0.3) is 0 Å². The average molecular weight is 261 g/mol. The van der Waals surface area contributed by atoms with E-state index in [9.17, 15) is 8.42 Å². The van der Waals surface area contributed by atoms with Gasteiger partial charge in [-0.25, -0.2) is 8.42 Å². The third-order valence-electron chi connectivity index (χ3n) is 2.68. The van der Waals surface area contributed by atoms with Crippen molar-refractivity contribution in [3.8, 4) is 0 Å². The molecular weight excluding hydrogens is 244 g/mol. The lowest BCUT2D eigenvalue weighted by Gasteiger charge is -2.23. The molecule has 0 spiro atoms. The summed E-state index contributed by atoms with van der Waals surface area (Å²) in [5.41, 5.74) is 1.79. The Morgan fingerprint density at radius 2 is 1.69 bits per heavy atom. The van der Waals surface area contributed by atoms with E-state index < -0.39 is 14.5 Å². The zero-order valence-electron chi connectivity index (χ0n) is 9.83. The van der Waals surface area contributed by atoms with Crippen molar-refractivity contribution in [1.29, 1.82) is 0 Å². The van der Waals surface area contributed by atoms with Gasteiger partial charge in [-0.05, 0) is 17.5 Å². The summed E-state index contributed by atoms with van der Waals surface area (Å²) in [6, 6.07) is 8.00. The van der Waals surface area contributed by atoms with E-state index in [0.717, 1.165) is 12.0 Å². The highest BCUT2D eigenvalue weighted by Gasteiger charge is 2.26. The van der Waals surface area contributed by atoms with Gasteiger partial charge in [0.1, 0.15) is 0 Å². The number of benzene rings is 1. The number of rotatable bonds is 4. The van der Waals surface area contributed by atoms with Crippen molar-refractivity contribution in [1.82, 2.24) is 0 Å². The molecule has 0 unspecified atom stereocenters. The van der Waals surface area contributed by atoms with Crippen LogP contribution >= 0.6 is 10.7 Å². The maximum absolute atomic E-state index is 11.1. The van der Waals surface area contributed by atoms with Gasteiger partial charge in [0.05, 0.1) is 5.75 Å². The second-order valence-electron chi connectivity index (χ2n) is 4.62. The molecule has 0 radical (unpaired) electrons. The number of halogens is 1. The van der Waals surface area contributed by atoms with Crippen molar-refractivity contribution in [2.24, 2.45) is 0 Å². The highest BCUT2D eigenvalue weighted by atomic mass is 35.7. The summed E-state index contributed by atoms with van der Waals surface area (Å²) in [4.78, 5) is 0. The molecule has 16 heavy (non-hydrogen) atoms. The first-order valence-electron chi connectivity index (χ1n) is 5.26. The Hall–Kier alpha value is -0.540. The summed E-state index contributed by atoms with van der Waals surface area (Å²) in [7, 11) is 1.82. The summed E-state index contributed by atoms with van der Waals surface area (Å²) < 4.78 is 22.2. The molecule has 2 nitrogen and oxygen atoms in total. The monoisotopic (exact) mass is 260 g/mol. The molecule has 0 fully saturated rings. The van der Waals surface area contributed by atoms with Crippen molar-refractivity contribution >= 4 is 19.7 Å². The smallest absolute Gasteiger partial charge is 0.212 e. The fourth-order valence-corrected chi connectivity index (χ4v) is 3.55. The van der Waals surface area contributed by atoms with Crippen molar-refractivity contribution in [3.63, 3.8) is 0 Å². The Labute approximate surface area is 102 Å². The van der Waals surface area contributed by atoms with Gasteiger partial charge in [0.15, 0.2) is 0 Å². The second-order valence-corrected chi connectivity index (χ2v) is 7.39. The first-order chi connectivity index (χ1) is 7.24. The van der Waals surface area contributed by atoms with Gasteiger partial charge >= 0.3 is 0 Å². The number of hydrogen-bond acceptors (Lipinski definition) is 2. The van der Waals surface area contributed by atoms with Crippen LogP contribution in [0.2, 0.25) is 0 Å². The van der Waals surface area contributed by atoms with Gasteiger partial charge in [-0.15, -0.1) is 0 Å². The fourth-order valence-electron chi connectivity index (χ4n) is 1.71.